The number of hydrogen-bond donors (Lipinski definition) is 2. The molecule has 1 aromatic carbocycles. The lowest BCUT2D eigenvalue weighted by molar-refractivity contribution is -0.142. The molecule has 2 heterocycles. The Balaban J connectivity index is 2.05. The molecule has 0 aromatic heterocycles. The highest BCUT2D eigenvalue weighted by Gasteiger charge is 2.50. The normalized spacial score (nSPS) is 23.2. The fraction of sp³-hybridized carbons (Fsp3) is 0.429. The van der Waals surface area contributed by atoms with E-state index < -0.39 is 24.1 Å². The van der Waals surface area contributed by atoms with Crippen LogP contribution in [0.15, 0.2) is 18.2 Å². The molecule has 112 valence electrons. The van der Waals surface area contributed by atoms with Gasteiger partial charge in [-0.05, 0) is 29.7 Å². The summed E-state index contributed by atoms with van der Waals surface area (Å²) in [5.74, 6) is -0.499. The molecule has 2 atom stereocenters. The van der Waals surface area contributed by atoms with E-state index in [0.717, 1.165) is 6.42 Å². The predicted octanol–water partition coefficient (Wildman–Crippen LogP) is 1.78. The average molecular weight is 292 g/mol. The van der Waals surface area contributed by atoms with Crippen LogP contribution in [0.4, 0.5) is 4.79 Å². The second kappa shape index (κ2) is 4.92. The van der Waals surface area contributed by atoms with Gasteiger partial charge < -0.3 is 14.7 Å². The van der Waals surface area contributed by atoms with Crippen LogP contribution in [0.25, 0.3) is 0 Å². The van der Waals surface area contributed by atoms with E-state index in [9.17, 15) is 19.9 Å². The first kappa shape index (κ1) is 13.7. The summed E-state index contributed by atoms with van der Waals surface area (Å²) in [6.07, 6.45) is 0.858. The van der Waals surface area contributed by atoms with Crippen LogP contribution in [0.2, 0.25) is 0 Å². The maximum absolute atomic E-state index is 11.9. The summed E-state index contributed by atoms with van der Waals surface area (Å²) in [7, 11) is 0. The third-order valence-corrected chi connectivity index (χ3v) is 3.84. The lowest BCUT2D eigenvalue weighted by Gasteiger charge is -2.30. The van der Waals surface area contributed by atoms with Crippen LogP contribution >= 0.6 is 0 Å². The molecule has 1 aromatic rings. The Morgan fingerprint density at radius 3 is 2.86 bits per heavy atom. The van der Waals surface area contributed by atoms with Crippen molar-refractivity contribution < 1.29 is 24.6 Å². The van der Waals surface area contributed by atoms with Gasteiger partial charge in [-0.3, -0.25) is 5.21 Å². The number of aliphatic carboxylic acids is 1. The zero-order valence-corrected chi connectivity index (χ0v) is 11.5. The van der Waals surface area contributed by atoms with Gasteiger partial charge in [0.15, 0.2) is 6.04 Å². The summed E-state index contributed by atoms with van der Waals surface area (Å²) >= 11 is 0. The van der Waals surface area contributed by atoms with Crippen LogP contribution in [0.1, 0.15) is 36.6 Å². The minimum Gasteiger partial charge on any atom is -0.494 e. The maximum Gasteiger partial charge on any atom is 0.345 e. The zero-order valence-electron chi connectivity index (χ0n) is 11.5. The van der Waals surface area contributed by atoms with Crippen molar-refractivity contribution in [2.75, 3.05) is 13.2 Å². The Kier molecular flexibility index (Phi) is 3.21. The smallest absolute Gasteiger partial charge is 0.345 e. The van der Waals surface area contributed by atoms with Crippen molar-refractivity contribution in [3.8, 4) is 5.75 Å². The van der Waals surface area contributed by atoms with Crippen LogP contribution in [-0.4, -0.2) is 45.4 Å². The monoisotopic (exact) mass is 292 g/mol. The summed E-state index contributed by atoms with van der Waals surface area (Å²) in [6, 6.07) is 2.77. The number of carbonyl (C=O) groups is 2. The van der Waals surface area contributed by atoms with Crippen LogP contribution < -0.4 is 4.74 Å². The SMILES string of the molecule is CCCOc1ccc2c(c1)C1CN(C(=O)N1O)C2C(=O)O. The number of benzene rings is 1. The van der Waals surface area contributed by atoms with E-state index in [-0.39, 0.29) is 6.54 Å². The molecular formula is C14H16N2O5. The Labute approximate surface area is 121 Å². The second-order valence-electron chi connectivity index (χ2n) is 5.18. The number of carboxylic acid groups (broad SMARTS) is 1. The molecule has 7 heteroatoms. The van der Waals surface area contributed by atoms with E-state index in [1.165, 1.54) is 4.90 Å². The first-order valence-corrected chi connectivity index (χ1v) is 6.82. The summed E-state index contributed by atoms with van der Waals surface area (Å²) in [5, 5.41) is 19.9. The highest BCUT2D eigenvalue weighted by atomic mass is 16.5. The van der Waals surface area contributed by atoms with Crippen LogP contribution in [0, 0.1) is 0 Å². The Hall–Kier alpha value is -2.28. The fourth-order valence-corrected chi connectivity index (χ4v) is 2.89. The number of ether oxygens (including phenoxy) is 1. The lowest BCUT2D eigenvalue weighted by Crippen LogP contribution is -2.38. The van der Waals surface area contributed by atoms with Crippen molar-refractivity contribution in [3.05, 3.63) is 29.3 Å². The van der Waals surface area contributed by atoms with E-state index in [0.29, 0.717) is 28.5 Å². The molecule has 0 spiro atoms. The van der Waals surface area contributed by atoms with Crippen LogP contribution in [0.3, 0.4) is 0 Å². The number of hydrogen-bond acceptors (Lipinski definition) is 4. The third-order valence-electron chi connectivity index (χ3n) is 3.84. The van der Waals surface area contributed by atoms with Crippen molar-refractivity contribution in [3.63, 3.8) is 0 Å². The second-order valence-corrected chi connectivity index (χ2v) is 5.18. The summed E-state index contributed by atoms with van der Waals surface area (Å²) in [4.78, 5) is 24.6. The van der Waals surface area contributed by atoms with Gasteiger partial charge in [-0.25, -0.2) is 9.59 Å². The molecule has 0 saturated carbocycles. The minimum absolute atomic E-state index is 0.163. The van der Waals surface area contributed by atoms with Gasteiger partial charge >= 0.3 is 12.0 Å². The van der Waals surface area contributed by atoms with Gasteiger partial charge in [-0.1, -0.05) is 13.0 Å². The van der Waals surface area contributed by atoms with Gasteiger partial charge in [0.05, 0.1) is 13.2 Å². The van der Waals surface area contributed by atoms with Gasteiger partial charge in [0.25, 0.3) is 0 Å². The molecule has 2 amide bonds. The maximum atomic E-state index is 11.9. The number of carboxylic acids is 1. The highest BCUT2D eigenvalue weighted by Crippen LogP contribution is 2.44. The quantitative estimate of drug-likeness (QED) is 0.826. The molecule has 1 saturated heterocycles. The van der Waals surface area contributed by atoms with Gasteiger partial charge in [0.2, 0.25) is 0 Å². The Bertz CT molecular complexity index is 603. The summed E-state index contributed by atoms with van der Waals surface area (Å²) in [5.41, 5.74) is 1.15. The van der Waals surface area contributed by atoms with Crippen molar-refractivity contribution in [1.82, 2.24) is 9.96 Å². The van der Waals surface area contributed by atoms with E-state index in [1.807, 2.05) is 6.92 Å². The van der Waals surface area contributed by atoms with Crippen molar-refractivity contribution in [1.29, 1.82) is 0 Å². The van der Waals surface area contributed by atoms with E-state index in [2.05, 4.69) is 0 Å². The largest absolute Gasteiger partial charge is 0.494 e. The molecule has 3 rings (SSSR count). The molecule has 2 unspecified atom stereocenters. The molecule has 2 aliphatic heterocycles. The zero-order chi connectivity index (χ0) is 15.1. The predicted molar refractivity (Wildman–Crippen MR) is 71.1 cm³/mol. The van der Waals surface area contributed by atoms with E-state index in [4.69, 9.17) is 4.74 Å². The fourth-order valence-electron chi connectivity index (χ4n) is 2.89. The van der Waals surface area contributed by atoms with Crippen molar-refractivity contribution in [2.24, 2.45) is 0 Å². The molecule has 2 aliphatic rings. The van der Waals surface area contributed by atoms with Gasteiger partial charge in [-0.2, -0.15) is 5.06 Å². The average Bonchev–Trinajstić information content (AvgIpc) is 2.72. The molecule has 0 aliphatic carbocycles. The molecule has 2 N–H and O–H groups in total. The standard InChI is InChI=1S/C14H16N2O5/c1-2-5-21-8-3-4-9-10(6-8)11-7-15(12(9)13(17)18)14(19)16(11)20/h3-4,6,11-12,20H,2,5,7H2,1H3,(H,17,18). The topological polar surface area (TPSA) is 90.3 Å². The van der Waals surface area contributed by atoms with Gasteiger partial charge in [-0.15, -0.1) is 0 Å². The first-order valence-electron chi connectivity index (χ1n) is 6.82. The molecule has 2 bridgehead atoms. The van der Waals surface area contributed by atoms with E-state index >= 15 is 0 Å². The number of carbonyl (C=O) groups excluding carboxylic acids is 1. The summed E-state index contributed by atoms with van der Waals surface area (Å²) in [6.45, 7) is 2.71. The number of urea groups is 1. The van der Waals surface area contributed by atoms with Crippen LogP contribution in [-0.2, 0) is 4.79 Å². The Morgan fingerprint density at radius 2 is 2.19 bits per heavy atom. The molecular weight excluding hydrogens is 276 g/mol. The number of amides is 2. The molecule has 0 radical (unpaired) electrons. The highest BCUT2D eigenvalue weighted by molar-refractivity contribution is 5.87. The summed E-state index contributed by atoms with van der Waals surface area (Å²) < 4.78 is 5.54. The number of nitrogens with zero attached hydrogens (tertiary/aromatic N) is 2. The minimum atomic E-state index is -1.11. The van der Waals surface area contributed by atoms with E-state index in [1.54, 1.807) is 18.2 Å². The van der Waals surface area contributed by atoms with Crippen LogP contribution in [0.5, 0.6) is 5.75 Å². The number of hydroxylamine groups is 2. The lowest BCUT2D eigenvalue weighted by atomic mass is 9.91. The molecule has 7 nitrogen and oxygen atoms in total. The Morgan fingerprint density at radius 1 is 1.43 bits per heavy atom. The molecule has 21 heavy (non-hydrogen) atoms. The van der Waals surface area contributed by atoms with Crippen molar-refractivity contribution >= 4 is 12.0 Å². The molecule has 1 fully saturated rings. The number of fused-ring (bicyclic) bond motifs is 4. The number of rotatable bonds is 4. The van der Waals surface area contributed by atoms with Crippen molar-refractivity contribution in [2.45, 2.75) is 25.4 Å². The van der Waals surface area contributed by atoms with Gasteiger partial charge in [0, 0.05) is 0 Å². The third kappa shape index (κ3) is 2.01. The first-order chi connectivity index (χ1) is 10.0. The van der Waals surface area contributed by atoms with Gasteiger partial charge in [0.1, 0.15) is 11.8 Å².